The topological polar surface area (TPSA) is 213 Å². The van der Waals surface area contributed by atoms with Crippen molar-refractivity contribution in [2.24, 2.45) is 0 Å². The number of anilines is 2. The van der Waals surface area contributed by atoms with Gasteiger partial charge < -0.3 is 68.6 Å². The molecule has 4 aromatic heterocycles. The fraction of sp³-hybridized carbons (Fsp3) is 0.550. The molecule has 448 valence electrons. The van der Waals surface area contributed by atoms with Crippen molar-refractivity contribution in [1.82, 2.24) is 38.9 Å². The summed E-state index contributed by atoms with van der Waals surface area (Å²) < 4.78 is 39.6. The Morgan fingerprint density at radius 1 is 0.659 bits per heavy atom. The number of carbonyl (C=O) groups is 3. The number of aromatic nitrogens is 6. The standard InChI is InChI=1S/C26H31N5O3.C19H25BN2O3.C13H18BrN3O2.CH2O3.CH4.2K.H/c1-17-26(32)29(2)16-22-24(28-25(31(17)22)18-6-10-33-11-7-18)20-5-3-4-19-14-23(27-15-21(19)20)30-8-12-34-13-9-30;1-18(2)19(3,4)25-20(24-18)16-7-5-6-14-12-17(21-13-15(14)16)22-8-10-23-11-9-22;1-8-13(18)16(2)7-10-11(14)15-12(17(8)10)9-3-5-19-6-4-9;2-1-4-3;;;;/h3-5,14-15,17-18H,6-13,16H2,1-2H3;5-7,12-13H,8-11H2,1-4H3;8-9H,3-7H2,1-2H3;1,3H;1H4;;;/q;;;;;2*+1;-1/p-1. The summed E-state index contributed by atoms with van der Waals surface area (Å²) in [5.41, 5.74) is 4.62. The van der Waals surface area contributed by atoms with Crippen molar-refractivity contribution >= 4 is 80.0 Å². The molecule has 0 aliphatic carbocycles. The van der Waals surface area contributed by atoms with Gasteiger partial charge in [0.1, 0.15) is 40.0 Å². The smallest absolute Gasteiger partial charge is 1.00 e. The summed E-state index contributed by atoms with van der Waals surface area (Å²) in [6.45, 7) is 22.8. The Balaban J connectivity index is 0.000000203. The molecule has 11 heterocycles. The predicted molar refractivity (Wildman–Crippen MR) is 319 cm³/mol. The first-order valence-electron chi connectivity index (χ1n) is 28.5. The molecule has 5 fully saturated rings. The normalized spacial score (nSPS) is 21.1. The van der Waals surface area contributed by atoms with Crippen LogP contribution in [0.4, 0.5) is 11.6 Å². The van der Waals surface area contributed by atoms with Gasteiger partial charge in [-0.1, -0.05) is 43.8 Å². The van der Waals surface area contributed by atoms with Crippen LogP contribution in [0.2, 0.25) is 0 Å². The summed E-state index contributed by atoms with van der Waals surface area (Å²) in [6.07, 6.45) is 7.77. The van der Waals surface area contributed by atoms with Gasteiger partial charge >= 0.3 is 110 Å². The van der Waals surface area contributed by atoms with Crippen LogP contribution in [-0.2, 0) is 60.6 Å². The summed E-state index contributed by atoms with van der Waals surface area (Å²) in [4.78, 5) is 63.9. The van der Waals surface area contributed by atoms with Crippen molar-refractivity contribution in [1.29, 1.82) is 0 Å². The third kappa shape index (κ3) is 15.2. The number of halogens is 1. The number of carbonyl (C=O) groups excluding carboxylic acids is 3. The van der Waals surface area contributed by atoms with Crippen molar-refractivity contribution in [3.05, 3.63) is 88.6 Å². The van der Waals surface area contributed by atoms with Gasteiger partial charge in [-0.3, -0.25) is 14.4 Å². The van der Waals surface area contributed by atoms with E-state index in [1.54, 1.807) is 4.90 Å². The number of amides is 2. The van der Waals surface area contributed by atoms with Crippen LogP contribution >= 0.6 is 15.9 Å². The molecular weight excluding hydrogens is 1210 g/mol. The number of nitrogens with zero attached hydrogens (tertiary/aromatic N) is 10. The van der Waals surface area contributed by atoms with Crippen LogP contribution in [0, 0.1) is 0 Å². The average molecular weight is 1290 g/mol. The van der Waals surface area contributed by atoms with Crippen LogP contribution in [0.3, 0.4) is 0 Å². The van der Waals surface area contributed by atoms with Gasteiger partial charge in [0.2, 0.25) is 11.8 Å². The molecule has 7 aliphatic heterocycles. The van der Waals surface area contributed by atoms with Gasteiger partial charge in [-0.25, -0.2) is 19.9 Å². The third-order valence-electron chi connectivity index (χ3n) is 17.2. The molecule has 25 heteroatoms. The minimum absolute atomic E-state index is 0. The molecule has 0 spiro atoms. The van der Waals surface area contributed by atoms with Crippen molar-refractivity contribution in [3.8, 4) is 11.3 Å². The van der Waals surface area contributed by atoms with Gasteiger partial charge in [0.15, 0.2) is 0 Å². The maximum atomic E-state index is 12.9. The minimum Gasteiger partial charge on any atom is -1.00 e. The Hall–Kier alpha value is -2.77. The molecular formula is C60H80BBrK2N10O11. The van der Waals surface area contributed by atoms with Crippen molar-refractivity contribution in [2.75, 3.05) is 103 Å². The van der Waals surface area contributed by atoms with E-state index in [4.69, 9.17) is 53.3 Å². The number of likely N-dealkylation sites (N-methyl/N-ethyl adjacent to an activating group) is 2. The van der Waals surface area contributed by atoms with Crippen LogP contribution in [0.1, 0.15) is 123 Å². The maximum absolute atomic E-state index is 12.9. The number of hydrogen-bond donors (Lipinski definition) is 0. The molecule has 0 radical (unpaired) electrons. The minimum atomic E-state index is -0.371. The summed E-state index contributed by atoms with van der Waals surface area (Å²) in [6, 6.07) is 16.5. The molecule has 6 aromatic rings. The monoisotopic (exact) mass is 1280 g/mol. The molecule has 0 bridgehead atoms. The maximum Gasteiger partial charge on any atom is 1.00 e. The number of morpholine rings is 2. The average Bonchev–Trinajstić information content (AvgIpc) is 1.78. The van der Waals surface area contributed by atoms with Crippen molar-refractivity contribution < 1.29 is 157 Å². The number of rotatable bonds is 7. The van der Waals surface area contributed by atoms with Gasteiger partial charge in [0.05, 0.1) is 67.8 Å². The number of ether oxygens (including phenoxy) is 4. The largest absolute Gasteiger partial charge is 1.00 e. The van der Waals surface area contributed by atoms with E-state index < -0.39 is 0 Å². The van der Waals surface area contributed by atoms with Crippen LogP contribution in [0.25, 0.3) is 32.8 Å². The molecule has 0 N–H and O–H groups in total. The Bertz CT molecular complexity index is 3250. The third-order valence-corrected chi connectivity index (χ3v) is 17.9. The fourth-order valence-electron chi connectivity index (χ4n) is 11.9. The number of benzene rings is 2. The zero-order valence-corrected chi connectivity index (χ0v) is 58.1. The van der Waals surface area contributed by atoms with Gasteiger partial charge in [0.25, 0.3) is 6.47 Å². The first kappa shape index (κ1) is 69.7. The van der Waals surface area contributed by atoms with E-state index >= 15 is 0 Å². The molecule has 2 aromatic carbocycles. The number of imidazole rings is 2. The SMILES string of the molecule is C.CC1(C)OB(c2cccc3cc(N4CCOCC4)ncc23)OC1(C)C.CC1C(=O)N(C)Cc2c(-c3cccc4cc(N5CCOCC5)ncc34)nc(C3CCOCC3)n21.CC1C(=O)N(C)Cc2c(Br)nc(C3CCOCC3)n21.O=CO[O-].[H-].[K+].[K+]. The Kier molecular flexibility index (Phi) is 25.3. The predicted octanol–water partition coefficient (Wildman–Crippen LogP) is 0.996. The van der Waals surface area contributed by atoms with E-state index in [1.165, 1.54) is 0 Å². The van der Waals surface area contributed by atoms with Crippen LogP contribution < -0.4 is 123 Å². The number of fused-ring (bicyclic) bond motifs is 4. The first-order chi connectivity index (χ1) is 39.5. The van der Waals surface area contributed by atoms with Crippen molar-refractivity contribution in [2.45, 2.75) is 123 Å². The van der Waals surface area contributed by atoms with Crippen molar-refractivity contribution in [3.63, 3.8) is 0 Å². The molecule has 21 nitrogen and oxygen atoms in total. The zero-order chi connectivity index (χ0) is 57.9. The Morgan fingerprint density at radius 3 is 1.58 bits per heavy atom. The molecule has 2 unspecified atom stereocenters. The first-order valence-corrected chi connectivity index (χ1v) is 29.3. The summed E-state index contributed by atoms with van der Waals surface area (Å²) >= 11 is 3.54. The van der Waals surface area contributed by atoms with E-state index in [0.29, 0.717) is 24.9 Å². The second kappa shape index (κ2) is 30.8. The summed E-state index contributed by atoms with van der Waals surface area (Å²) in [5.74, 6) is 5.06. The summed E-state index contributed by atoms with van der Waals surface area (Å²) in [5, 5.41) is 12.9. The number of hydrogen-bond acceptors (Lipinski definition) is 17. The second-order valence-corrected chi connectivity index (χ2v) is 23.6. The molecule has 2 atom stereocenters. The molecule has 0 saturated carbocycles. The zero-order valence-electron chi connectivity index (χ0n) is 51.3. The van der Waals surface area contributed by atoms with E-state index in [1.807, 2.05) is 45.2 Å². The van der Waals surface area contributed by atoms with E-state index in [0.717, 1.165) is 182 Å². The Labute approximate surface area is 594 Å². The molecule has 85 heavy (non-hydrogen) atoms. The molecule has 5 saturated heterocycles. The van der Waals surface area contributed by atoms with Gasteiger partial charge in [0, 0.05) is 102 Å². The van der Waals surface area contributed by atoms with E-state index in [2.05, 4.69) is 121 Å². The van der Waals surface area contributed by atoms with Crippen LogP contribution in [-0.4, -0.2) is 169 Å². The fourth-order valence-corrected chi connectivity index (χ4v) is 12.4. The van der Waals surface area contributed by atoms with Gasteiger partial charge in [-0.15, -0.1) is 0 Å². The Morgan fingerprint density at radius 2 is 1.08 bits per heavy atom. The molecule has 13 rings (SSSR count). The van der Waals surface area contributed by atoms with E-state index in [-0.39, 0.29) is 160 Å². The summed E-state index contributed by atoms with van der Waals surface area (Å²) in [7, 11) is 3.35. The van der Waals surface area contributed by atoms with E-state index in [9.17, 15) is 9.59 Å². The second-order valence-electron chi connectivity index (χ2n) is 22.9. The van der Waals surface area contributed by atoms with Gasteiger partial charge in [-0.2, -0.15) is 0 Å². The quantitative estimate of drug-likeness (QED) is 0.0944. The van der Waals surface area contributed by atoms with Crippen LogP contribution in [0.15, 0.2) is 65.5 Å². The van der Waals surface area contributed by atoms with Crippen LogP contribution in [0.5, 0.6) is 0 Å². The number of pyridine rings is 2. The molecule has 7 aliphatic rings. The van der Waals surface area contributed by atoms with Gasteiger partial charge in [-0.05, 0) is 117 Å². The molecule has 2 amide bonds.